The van der Waals surface area contributed by atoms with Crippen LogP contribution in [-0.4, -0.2) is 31.1 Å². The lowest BCUT2D eigenvalue weighted by Gasteiger charge is -2.32. The summed E-state index contributed by atoms with van der Waals surface area (Å²) < 4.78 is 13.4. The number of hydrogen-bond acceptors (Lipinski definition) is 2. The van der Waals surface area contributed by atoms with E-state index in [4.69, 9.17) is 0 Å². The van der Waals surface area contributed by atoms with Crippen molar-refractivity contribution in [1.29, 1.82) is 0 Å². The lowest BCUT2D eigenvalue weighted by molar-refractivity contribution is 0.188. The van der Waals surface area contributed by atoms with Gasteiger partial charge >= 0.3 is 0 Å². The number of benzene rings is 1. The van der Waals surface area contributed by atoms with E-state index in [1.807, 2.05) is 19.2 Å². The van der Waals surface area contributed by atoms with Gasteiger partial charge in [0.1, 0.15) is 5.82 Å². The molecule has 2 nitrogen and oxygen atoms in total. The smallest absolute Gasteiger partial charge is 0.126 e. The van der Waals surface area contributed by atoms with Gasteiger partial charge in [-0.15, -0.1) is 0 Å². The summed E-state index contributed by atoms with van der Waals surface area (Å²) in [5.41, 5.74) is 1.80. The van der Waals surface area contributed by atoms with Crippen molar-refractivity contribution in [3.05, 3.63) is 35.1 Å². The van der Waals surface area contributed by atoms with E-state index in [9.17, 15) is 4.39 Å². The Bertz CT molecular complexity index is 378. The minimum Gasteiger partial charge on any atom is -0.316 e. The molecule has 0 aliphatic carbocycles. The number of rotatable bonds is 3. The SMILES string of the molecule is CNC1CCCN(Cc2ccc(C)c(F)c2)C1. The average molecular weight is 236 g/mol. The molecule has 94 valence electrons. The van der Waals surface area contributed by atoms with Gasteiger partial charge in [-0.25, -0.2) is 4.39 Å². The van der Waals surface area contributed by atoms with Crippen LogP contribution in [0.5, 0.6) is 0 Å². The highest BCUT2D eigenvalue weighted by atomic mass is 19.1. The fourth-order valence-corrected chi connectivity index (χ4v) is 2.43. The van der Waals surface area contributed by atoms with E-state index in [1.165, 1.54) is 12.8 Å². The van der Waals surface area contributed by atoms with Crippen molar-refractivity contribution < 1.29 is 4.39 Å². The molecular weight excluding hydrogens is 215 g/mol. The maximum Gasteiger partial charge on any atom is 0.126 e. The Morgan fingerprint density at radius 3 is 3.00 bits per heavy atom. The highest BCUT2D eigenvalue weighted by Crippen LogP contribution is 2.15. The molecule has 1 aliphatic rings. The summed E-state index contributed by atoms with van der Waals surface area (Å²) in [5.74, 6) is -0.0929. The number of likely N-dealkylation sites (N-methyl/N-ethyl adjacent to an activating group) is 1. The molecule has 0 amide bonds. The van der Waals surface area contributed by atoms with E-state index in [-0.39, 0.29) is 5.82 Å². The number of nitrogens with zero attached hydrogens (tertiary/aromatic N) is 1. The maximum absolute atomic E-state index is 13.4. The van der Waals surface area contributed by atoms with E-state index in [2.05, 4.69) is 10.2 Å². The van der Waals surface area contributed by atoms with Gasteiger partial charge in [0.2, 0.25) is 0 Å². The van der Waals surface area contributed by atoms with Gasteiger partial charge in [0.15, 0.2) is 0 Å². The normalized spacial score (nSPS) is 21.7. The van der Waals surface area contributed by atoms with Crippen molar-refractivity contribution in [2.24, 2.45) is 0 Å². The average Bonchev–Trinajstić information content (AvgIpc) is 2.34. The van der Waals surface area contributed by atoms with Crippen LogP contribution in [0.4, 0.5) is 4.39 Å². The Hall–Kier alpha value is -0.930. The zero-order valence-electron chi connectivity index (χ0n) is 10.7. The van der Waals surface area contributed by atoms with Crippen LogP contribution in [0.2, 0.25) is 0 Å². The van der Waals surface area contributed by atoms with Crippen LogP contribution in [0.15, 0.2) is 18.2 Å². The third-order valence-electron chi connectivity index (χ3n) is 3.56. The third-order valence-corrected chi connectivity index (χ3v) is 3.56. The van der Waals surface area contributed by atoms with E-state index in [0.717, 1.165) is 30.8 Å². The van der Waals surface area contributed by atoms with Gasteiger partial charge in [0, 0.05) is 19.1 Å². The molecule has 1 saturated heterocycles. The van der Waals surface area contributed by atoms with Crippen LogP contribution in [-0.2, 0) is 6.54 Å². The van der Waals surface area contributed by atoms with E-state index >= 15 is 0 Å². The Morgan fingerprint density at radius 2 is 2.29 bits per heavy atom. The molecule has 3 heteroatoms. The molecule has 2 rings (SSSR count). The fourth-order valence-electron chi connectivity index (χ4n) is 2.43. The molecule has 0 radical (unpaired) electrons. The predicted molar refractivity (Wildman–Crippen MR) is 68.5 cm³/mol. The monoisotopic (exact) mass is 236 g/mol. The highest BCUT2D eigenvalue weighted by Gasteiger charge is 2.18. The van der Waals surface area contributed by atoms with Gasteiger partial charge in [0.05, 0.1) is 0 Å². The van der Waals surface area contributed by atoms with Crippen molar-refractivity contribution >= 4 is 0 Å². The van der Waals surface area contributed by atoms with Gasteiger partial charge in [-0.3, -0.25) is 4.90 Å². The Kier molecular flexibility index (Phi) is 4.13. The maximum atomic E-state index is 13.4. The van der Waals surface area contributed by atoms with Gasteiger partial charge in [0.25, 0.3) is 0 Å². The first-order chi connectivity index (χ1) is 8.19. The molecule has 1 N–H and O–H groups in total. The molecule has 0 aromatic heterocycles. The largest absolute Gasteiger partial charge is 0.316 e. The standard InChI is InChI=1S/C14H21FN2/c1-11-5-6-12(8-14(11)15)9-17-7-3-4-13(10-17)16-2/h5-6,8,13,16H,3-4,7,9-10H2,1-2H3. The summed E-state index contributed by atoms with van der Waals surface area (Å²) in [6, 6.07) is 6.14. The molecule has 1 unspecified atom stereocenters. The fraction of sp³-hybridized carbons (Fsp3) is 0.571. The second-order valence-electron chi connectivity index (χ2n) is 4.95. The summed E-state index contributed by atoms with van der Waals surface area (Å²) in [6.07, 6.45) is 2.47. The molecule has 17 heavy (non-hydrogen) atoms. The van der Waals surface area contributed by atoms with Gasteiger partial charge in [-0.1, -0.05) is 12.1 Å². The minimum atomic E-state index is -0.0929. The first-order valence-electron chi connectivity index (χ1n) is 6.33. The van der Waals surface area contributed by atoms with E-state index in [0.29, 0.717) is 6.04 Å². The summed E-state index contributed by atoms with van der Waals surface area (Å²) in [4.78, 5) is 2.40. The molecule has 0 saturated carbocycles. The molecule has 1 fully saturated rings. The molecule has 1 aromatic rings. The van der Waals surface area contributed by atoms with Crippen LogP contribution in [0, 0.1) is 12.7 Å². The van der Waals surface area contributed by atoms with Crippen LogP contribution in [0.25, 0.3) is 0 Å². The topological polar surface area (TPSA) is 15.3 Å². The van der Waals surface area contributed by atoms with Crippen LogP contribution in [0.3, 0.4) is 0 Å². The minimum absolute atomic E-state index is 0.0929. The number of hydrogen-bond donors (Lipinski definition) is 1. The van der Waals surface area contributed by atoms with Crippen LogP contribution < -0.4 is 5.32 Å². The lowest BCUT2D eigenvalue weighted by atomic mass is 10.0. The van der Waals surface area contributed by atoms with Gasteiger partial charge in [-0.05, 0) is 50.6 Å². The molecule has 1 aliphatic heterocycles. The first-order valence-corrected chi connectivity index (χ1v) is 6.33. The molecule has 0 spiro atoms. The quantitative estimate of drug-likeness (QED) is 0.866. The van der Waals surface area contributed by atoms with Crippen LogP contribution >= 0.6 is 0 Å². The molecule has 1 aromatic carbocycles. The molecule has 0 bridgehead atoms. The Balaban J connectivity index is 1.97. The Labute approximate surface area is 103 Å². The van der Waals surface area contributed by atoms with Gasteiger partial charge in [-0.2, -0.15) is 0 Å². The predicted octanol–water partition coefficient (Wildman–Crippen LogP) is 2.32. The number of nitrogens with one attached hydrogen (secondary N) is 1. The third kappa shape index (κ3) is 3.27. The summed E-state index contributed by atoms with van der Waals surface area (Å²) in [5, 5.41) is 3.32. The van der Waals surface area contributed by atoms with Crippen molar-refractivity contribution in [1.82, 2.24) is 10.2 Å². The van der Waals surface area contributed by atoms with E-state index in [1.54, 1.807) is 13.0 Å². The van der Waals surface area contributed by atoms with Crippen molar-refractivity contribution in [3.8, 4) is 0 Å². The first kappa shape index (κ1) is 12.5. The second kappa shape index (κ2) is 5.61. The highest BCUT2D eigenvalue weighted by molar-refractivity contribution is 5.23. The number of likely N-dealkylation sites (tertiary alicyclic amines) is 1. The summed E-state index contributed by atoms with van der Waals surface area (Å²) >= 11 is 0. The second-order valence-corrected chi connectivity index (χ2v) is 4.95. The zero-order chi connectivity index (χ0) is 12.3. The molecule has 1 atom stereocenters. The number of piperidine rings is 1. The molecular formula is C14H21FN2. The zero-order valence-corrected chi connectivity index (χ0v) is 10.7. The van der Waals surface area contributed by atoms with Crippen molar-refractivity contribution in [3.63, 3.8) is 0 Å². The Morgan fingerprint density at radius 1 is 1.47 bits per heavy atom. The van der Waals surface area contributed by atoms with Crippen LogP contribution in [0.1, 0.15) is 24.0 Å². The number of aryl methyl sites for hydroxylation is 1. The van der Waals surface area contributed by atoms with Crippen molar-refractivity contribution in [2.45, 2.75) is 32.4 Å². The van der Waals surface area contributed by atoms with Gasteiger partial charge < -0.3 is 5.32 Å². The molecule has 1 heterocycles. The van der Waals surface area contributed by atoms with Crippen molar-refractivity contribution in [2.75, 3.05) is 20.1 Å². The summed E-state index contributed by atoms with van der Waals surface area (Å²) in [6.45, 7) is 4.84. The summed E-state index contributed by atoms with van der Waals surface area (Å²) in [7, 11) is 2.01. The number of halogens is 1. The van der Waals surface area contributed by atoms with E-state index < -0.39 is 0 Å². The lowest BCUT2D eigenvalue weighted by Crippen LogP contribution is -2.43.